The maximum Gasteiger partial charge on any atom is 0.339 e. The van der Waals surface area contributed by atoms with E-state index in [9.17, 15) is 29.0 Å². The van der Waals surface area contributed by atoms with Crippen LogP contribution in [0.5, 0.6) is 11.5 Å². The molecule has 0 bridgehead atoms. The Morgan fingerprint density at radius 1 is 0.804 bits per heavy atom. The summed E-state index contributed by atoms with van der Waals surface area (Å²) in [5.41, 5.74) is 0.465. The number of para-hydroxylation sites is 2. The number of quaternary nitrogens is 1. The third-order valence-electron chi connectivity index (χ3n) is 7.52. The SMILES string of the molecule is O=C(CCC[NH+]1CCC(O)(c2ccc(Cl)cc2)CC1)c1ccc(F)cc1.O=C(O)c1ccccc1O.O=C(O)c1ccccc1[O-]. The minimum Gasteiger partial charge on any atom is -0.872 e. The number of ketones is 1. The molecule has 11 heteroatoms. The summed E-state index contributed by atoms with van der Waals surface area (Å²) < 4.78 is 12.9. The Morgan fingerprint density at radius 2 is 1.35 bits per heavy atom. The highest BCUT2D eigenvalue weighted by atomic mass is 35.5. The second-order valence-corrected chi connectivity index (χ2v) is 11.1. The van der Waals surface area contributed by atoms with Crippen molar-refractivity contribution in [2.24, 2.45) is 0 Å². The zero-order chi connectivity index (χ0) is 33.7. The molecule has 46 heavy (non-hydrogen) atoms. The second kappa shape index (κ2) is 17.1. The summed E-state index contributed by atoms with van der Waals surface area (Å²) in [5.74, 6) is -3.21. The molecule has 0 radical (unpaired) electrons. The first kappa shape index (κ1) is 35.7. The van der Waals surface area contributed by atoms with Crippen molar-refractivity contribution in [1.29, 1.82) is 0 Å². The summed E-state index contributed by atoms with van der Waals surface area (Å²) >= 11 is 5.92. The number of piperidine rings is 1. The number of aromatic carboxylic acids is 2. The van der Waals surface area contributed by atoms with Gasteiger partial charge in [0.1, 0.15) is 22.7 Å². The van der Waals surface area contributed by atoms with Crippen LogP contribution in [-0.2, 0) is 5.60 Å². The minimum atomic E-state index is -1.18. The van der Waals surface area contributed by atoms with Gasteiger partial charge in [-0.3, -0.25) is 4.79 Å². The predicted octanol–water partition coefficient (Wildman–Crippen LogP) is 4.56. The number of hydrogen-bond acceptors (Lipinski definition) is 6. The molecule has 0 aliphatic carbocycles. The van der Waals surface area contributed by atoms with Crippen molar-refractivity contribution in [2.75, 3.05) is 19.6 Å². The molecule has 0 spiro atoms. The first-order valence-electron chi connectivity index (χ1n) is 14.5. The summed E-state index contributed by atoms with van der Waals surface area (Å²) in [7, 11) is 0. The number of benzene rings is 4. The summed E-state index contributed by atoms with van der Waals surface area (Å²) in [6.07, 6.45) is 2.67. The number of aromatic hydroxyl groups is 1. The lowest BCUT2D eigenvalue weighted by Crippen LogP contribution is -3.13. The van der Waals surface area contributed by atoms with Crippen LogP contribution in [0.4, 0.5) is 4.39 Å². The molecule has 242 valence electrons. The zero-order valence-corrected chi connectivity index (χ0v) is 25.6. The molecule has 0 atom stereocenters. The molecule has 9 nitrogen and oxygen atoms in total. The number of phenols is 1. The lowest BCUT2D eigenvalue weighted by Gasteiger charge is -2.36. The van der Waals surface area contributed by atoms with Crippen molar-refractivity contribution >= 4 is 29.3 Å². The van der Waals surface area contributed by atoms with Gasteiger partial charge in [-0.15, -0.1) is 0 Å². The summed E-state index contributed by atoms with van der Waals surface area (Å²) in [6, 6.07) is 24.5. The van der Waals surface area contributed by atoms with Gasteiger partial charge in [-0.2, -0.15) is 0 Å². The number of carboxylic acid groups (broad SMARTS) is 2. The number of carbonyl (C=O) groups is 3. The van der Waals surface area contributed by atoms with Crippen molar-refractivity contribution in [3.05, 3.63) is 130 Å². The van der Waals surface area contributed by atoms with E-state index in [1.165, 1.54) is 65.6 Å². The van der Waals surface area contributed by atoms with Gasteiger partial charge in [-0.25, -0.2) is 14.0 Å². The number of carboxylic acids is 2. The Balaban J connectivity index is 0.000000235. The molecule has 1 aliphatic heterocycles. The summed E-state index contributed by atoms with van der Waals surface area (Å²) in [4.78, 5) is 34.0. The van der Waals surface area contributed by atoms with E-state index in [0.29, 0.717) is 29.8 Å². The lowest BCUT2D eigenvalue weighted by molar-refractivity contribution is -0.908. The fourth-order valence-electron chi connectivity index (χ4n) is 4.89. The number of halogens is 2. The Bertz CT molecular complexity index is 1550. The number of nitrogens with one attached hydrogen (secondary N) is 1. The van der Waals surface area contributed by atoms with Crippen LogP contribution in [0.25, 0.3) is 0 Å². The highest BCUT2D eigenvalue weighted by molar-refractivity contribution is 6.30. The van der Waals surface area contributed by atoms with E-state index in [1.807, 2.05) is 24.3 Å². The third kappa shape index (κ3) is 10.7. The molecule has 0 unspecified atom stereocenters. The van der Waals surface area contributed by atoms with E-state index < -0.39 is 23.3 Å². The Labute approximate surface area is 270 Å². The van der Waals surface area contributed by atoms with Crippen molar-refractivity contribution in [2.45, 2.75) is 31.3 Å². The van der Waals surface area contributed by atoms with E-state index in [4.69, 9.17) is 26.9 Å². The fourth-order valence-corrected chi connectivity index (χ4v) is 5.02. The van der Waals surface area contributed by atoms with Gasteiger partial charge in [0.2, 0.25) is 0 Å². The molecular formula is C35H35ClFNO8. The number of Topliss-reactive ketones (excluding diaryl/α,β-unsaturated/α-hetero) is 1. The van der Waals surface area contributed by atoms with E-state index >= 15 is 0 Å². The Kier molecular flexibility index (Phi) is 13.2. The monoisotopic (exact) mass is 651 g/mol. The minimum absolute atomic E-state index is 0.0547. The Morgan fingerprint density at radius 3 is 1.85 bits per heavy atom. The molecule has 1 aliphatic rings. The van der Waals surface area contributed by atoms with Crippen molar-refractivity contribution in [1.82, 2.24) is 0 Å². The van der Waals surface area contributed by atoms with Crippen LogP contribution in [0.15, 0.2) is 97.1 Å². The van der Waals surface area contributed by atoms with Crippen LogP contribution in [0, 0.1) is 5.82 Å². The molecule has 0 amide bonds. The second-order valence-electron chi connectivity index (χ2n) is 10.7. The van der Waals surface area contributed by atoms with E-state index in [0.717, 1.165) is 31.6 Å². The normalized spacial score (nSPS) is 17.0. The summed E-state index contributed by atoms with van der Waals surface area (Å²) in [5, 5.41) is 47.9. The van der Waals surface area contributed by atoms with E-state index in [1.54, 1.807) is 12.1 Å². The van der Waals surface area contributed by atoms with Crippen LogP contribution in [0.3, 0.4) is 0 Å². The highest BCUT2D eigenvalue weighted by Gasteiger charge is 2.36. The van der Waals surface area contributed by atoms with Crippen LogP contribution in [0.1, 0.15) is 62.3 Å². The fraction of sp³-hybridized carbons (Fsp3) is 0.229. The highest BCUT2D eigenvalue weighted by Crippen LogP contribution is 2.30. The third-order valence-corrected chi connectivity index (χ3v) is 7.77. The molecule has 4 aromatic carbocycles. The van der Waals surface area contributed by atoms with Crippen LogP contribution in [-0.4, -0.2) is 57.8 Å². The van der Waals surface area contributed by atoms with E-state index in [2.05, 4.69) is 0 Å². The molecular weight excluding hydrogens is 617 g/mol. The standard InChI is InChI=1S/C21H23ClFNO2.2C7H6O3/c22-18-7-5-17(6-8-18)21(26)11-14-24(15-12-21)13-1-2-20(25)16-3-9-19(23)10-4-16;2*8-6-4-2-1-3-5(6)7(9)10/h3-10,26H,1-2,11-15H2;2*1-4,8H,(H,9,10). The molecule has 1 heterocycles. The number of likely N-dealkylation sites (tertiary alicyclic amines) is 1. The molecule has 4 aromatic rings. The average Bonchev–Trinajstić information content (AvgIpc) is 3.03. The molecule has 1 fully saturated rings. The zero-order valence-electron chi connectivity index (χ0n) is 24.9. The number of aliphatic hydroxyl groups is 1. The largest absolute Gasteiger partial charge is 0.872 e. The number of hydrogen-bond donors (Lipinski definition) is 5. The summed E-state index contributed by atoms with van der Waals surface area (Å²) in [6.45, 7) is 2.66. The Hall–Kier alpha value is -4.77. The molecule has 0 aromatic heterocycles. The van der Waals surface area contributed by atoms with Gasteiger partial charge in [0, 0.05) is 36.3 Å². The molecule has 1 saturated heterocycles. The molecule has 0 saturated carbocycles. The van der Waals surface area contributed by atoms with Gasteiger partial charge in [-0.1, -0.05) is 59.8 Å². The number of rotatable bonds is 8. The van der Waals surface area contributed by atoms with E-state index in [-0.39, 0.29) is 28.5 Å². The van der Waals surface area contributed by atoms with Crippen molar-refractivity contribution < 1.29 is 49.2 Å². The maximum atomic E-state index is 12.9. The lowest BCUT2D eigenvalue weighted by atomic mass is 9.84. The topological polar surface area (TPSA) is 160 Å². The van der Waals surface area contributed by atoms with Gasteiger partial charge < -0.3 is 30.4 Å². The maximum absolute atomic E-state index is 12.9. The van der Waals surface area contributed by atoms with Gasteiger partial charge in [0.25, 0.3) is 0 Å². The van der Waals surface area contributed by atoms with Gasteiger partial charge in [0.05, 0.1) is 25.2 Å². The molecule has 5 rings (SSSR count). The number of carbonyl (C=O) groups excluding carboxylic acids is 1. The van der Waals surface area contributed by atoms with Crippen molar-refractivity contribution in [3.8, 4) is 11.5 Å². The quantitative estimate of drug-likeness (QED) is 0.173. The van der Waals surface area contributed by atoms with Crippen LogP contribution >= 0.6 is 11.6 Å². The van der Waals surface area contributed by atoms with Gasteiger partial charge >= 0.3 is 11.9 Å². The van der Waals surface area contributed by atoms with Gasteiger partial charge in [-0.05, 0) is 60.2 Å². The smallest absolute Gasteiger partial charge is 0.339 e. The predicted molar refractivity (Wildman–Crippen MR) is 168 cm³/mol. The average molecular weight is 652 g/mol. The first-order chi connectivity index (χ1) is 21.9. The van der Waals surface area contributed by atoms with Crippen LogP contribution < -0.4 is 10.0 Å². The van der Waals surface area contributed by atoms with Gasteiger partial charge in [0.15, 0.2) is 5.78 Å². The molecule has 5 N–H and O–H groups in total. The first-order valence-corrected chi connectivity index (χ1v) is 14.9. The van der Waals surface area contributed by atoms with Crippen LogP contribution in [0.2, 0.25) is 5.02 Å². The van der Waals surface area contributed by atoms with Crippen molar-refractivity contribution in [3.63, 3.8) is 0 Å².